The van der Waals surface area contributed by atoms with Crippen LogP contribution in [0, 0.1) is 5.82 Å². The highest BCUT2D eigenvalue weighted by molar-refractivity contribution is 5.92. The number of para-hydroxylation sites is 1. The maximum absolute atomic E-state index is 13.2. The molecule has 2 amide bonds. The van der Waals surface area contributed by atoms with Crippen molar-refractivity contribution in [2.75, 3.05) is 18.4 Å². The van der Waals surface area contributed by atoms with Crippen molar-refractivity contribution < 1.29 is 14.0 Å². The van der Waals surface area contributed by atoms with Crippen molar-refractivity contribution >= 4 is 17.5 Å². The van der Waals surface area contributed by atoms with Gasteiger partial charge in [-0.15, -0.1) is 0 Å². The third-order valence-electron chi connectivity index (χ3n) is 2.17. The number of nitrogens with one attached hydrogen (secondary N) is 3. The van der Waals surface area contributed by atoms with Gasteiger partial charge >= 0.3 is 0 Å². The van der Waals surface area contributed by atoms with Crippen LogP contribution in [0.4, 0.5) is 10.1 Å². The van der Waals surface area contributed by atoms with Crippen LogP contribution in [-0.4, -0.2) is 30.9 Å². The molecule has 0 saturated heterocycles. The van der Waals surface area contributed by atoms with Crippen LogP contribution in [0.15, 0.2) is 24.3 Å². The van der Waals surface area contributed by atoms with Gasteiger partial charge in [0.25, 0.3) is 0 Å². The summed E-state index contributed by atoms with van der Waals surface area (Å²) in [5.41, 5.74) is 0.126. The van der Waals surface area contributed by atoms with E-state index in [2.05, 4.69) is 16.0 Å². The van der Waals surface area contributed by atoms with E-state index < -0.39 is 11.7 Å². The summed E-state index contributed by atoms with van der Waals surface area (Å²) in [6.07, 6.45) is 0. The number of carbonyl (C=O) groups is 2. The van der Waals surface area contributed by atoms with Gasteiger partial charge in [-0.3, -0.25) is 14.9 Å². The topological polar surface area (TPSA) is 70.2 Å². The minimum atomic E-state index is -0.492. The number of amides is 2. The minimum Gasteiger partial charge on any atom is -0.353 e. The van der Waals surface area contributed by atoms with Gasteiger partial charge in [0.05, 0.1) is 18.8 Å². The van der Waals surface area contributed by atoms with Gasteiger partial charge in [0.2, 0.25) is 11.8 Å². The van der Waals surface area contributed by atoms with E-state index in [0.717, 1.165) is 0 Å². The molecule has 6 heteroatoms. The summed E-state index contributed by atoms with van der Waals surface area (Å²) >= 11 is 0. The second-order valence-corrected chi connectivity index (χ2v) is 4.35. The fraction of sp³-hybridized carbons (Fsp3) is 0.385. The largest absolute Gasteiger partial charge is 0.353 e. The Morgan fingerprint density at radius 3 is 2.42 bits per heavy atom. The second kappa shape index (κ2) is 7.48. The SMILES string of the molecule is CC(C)NC(=O)CNCC(=O)Nc1ccccc1F. The molecule has 0 atom stereocenters. The number of rotatable bonds is 6. The third-order valence-corrected chi connectivity index (χ3v) is 2.17. The Kier molecular flexibility index (Phi) is 5.95. The molecular formula is C13H18FN3O2. The summed E-state index contributed by atoms with van der Waals surface area (Å²) in [6, 6.07) is 5.96. The molecule has 104 valence electrons. The first-order chi connectivity index (χ1) is 8.99. The maximum atomic E-state index is 13.2. The first-order valence-electron chi connectivity index (χ1n) is 6.03. The number of halogens is 1. The van der Waals surface area contributed by atoms with Crippen LogP contribution in [0.5, 0.6) is 0 Å². The van der Waals surface area contributed by atoms with E-state index in [1.807, 2.05) is 13.8 Å². The van der Waals surface area contributed by atoms with Crippen molar-refractivity contribution in [2.24, 2.45) is 0 Å². The summed E-state index contributed by atoms with van der Waals surface area (Å²) in [7, 11) is 0. The van der Waals surface area contributed by atoms with Crippen LogP contribution in [0.2, 0.25) is 0 Å². The normalized spacial score (nSPS) is 10.3. The Morgan fingerprint density at radius 2 is 1.79 bits per heavy atom. The van der Waals surface area contributed by atoms with Crippen molar-refractivity contribution in [1.29, 1.82) is 0 Å². The average molecular weight is 267 g/mol. The third kappa shape index (κ3) is 5.96. The summed E-state index contributed by atoms with van der Waals surface area (Å²) in [4.78, 5) is 22.8. The van der Waals surface area contributed by atoms with Crippen molar-refractivity contribution in [2.45, 2.75) is 19.9 Å². The standard InChI is InChI=1S/C13H18FN3O2/c1-9(2)16-12(18)7-15-8-13(19)17-11-6-4-3-5-10(11)14/h3-6,9,15H,7-8H2,1-2H3,(H,16,18)(H,17,19). The highest BCUT2D eigenvalue weighted by Gasteiger charge is 2.07. The van der Waals surface area contributed by atoms with E-state index >= 15 is 0 Å². The Bertz CT molecular complexity index is 449. The highest BCUT2D eigenvalue weighted by Crippen LogP contribution is 2.11. The molecule has 1 rings (SSSR count). The van der Waals surface area contributed by atoms with Crippen LogP contribution >= 0.6 is 0 Å². The molecule has 5 nitrogen and oxygen atoms in total. The Hall–Kier alpha value is -1.95. The van der Waals surface area contributed by atoms with Crippen LogP contribution < -0.4 is 16.0 Å². The van der Waals surface area contributed by atoms with Gasteiger partial charge in [0, 0.05) is 6.04 Å². The van der Waals surface area contributed by atoms with Gasteiger partial charge in [0.1, 0.15) is 5.82 Å². The fourth-order valence-electron chi connectivity index (χ4n) is 1.42. The van der Waals surface area contributed by atoms with Gasteiger partial charge in [-0.2, -0.15) is 0 Å². The van der Waals surface area contributed by atoms with Crippen molar-refractivity contribution in [1.82, 2.24) is 10.6 Å². The molecule has 0 unspecified atom stereocenters. The van der Waals surface area contributed by atoms with Crippen LogP contribution in [-0.2, 0) is 9.59 Å². The lowest BCUT2D eigenvalue weighted by Gasteiger charge is -2.09. The molecule has 19 heavy (non-hydrogen) atoms. The number of benzene rings is 1. The minimum absolute atomic E-state index is 0.0445. The number of hydrogen-bond acceptors (Lipinski definition) is 3. The quantitative estimate of drug-likeness (QED) is 0.716. The summed E-state index contributed by atoms with van der Waals surface area (Å²) in [6.45, 7) is 3.69. The fourth-order valence-corrected chi connectivity index (χ4v) is 1.42. The van der Waals surface area contributed by atoms with Crippen molar-refractivity contribution in [3.8, 4) is 0 Å². The zero-order valence-corrected chi connectivity index (χ0v) is 11.0. The smallest absolute Gasteiger partial charge is 0.238 e. The Labute approximate surface area is 111 Å². The van der Waals surface area contributed by atoms with Crippen LogP contribution in [0.3, 0.4) is 0 Å². The molecule has 0 saturated carbocycles. The van der Waals surface area contributed by atoms with Crippen molar-refractivity contribution in [3.05, 3.63) is 30.1 Å². The summed E-state index contributed by atoms with van der Waals surface area (Å²) < 4.78 is 13.2. The first kappa shape index (κ1) is 15.1. The lowest BCUT2D eigenvalue weighted by molar-refractivity contribution is -0.120. The van der Waals surface area contributed by atoms with E-state index in [1.165, 1.54) is 12.1 Å². The Balaban J connectivity index is 2.29. The van der Waals surface area contributed by atoms with E-state index in [0.29, 0.717) is 0 Å². The molecule has 0 aliphatic carbocycles. The van der Waals surface area contributed by atoms with E-state index in [-0.39, 0.29) is 30.7 Å². The summed E-state index contributed by atoms with van der Waals surface area (Å²) in [5.74, 6) is -1.08. The molecule has 0 bridgehead atoms. The molecule has 0 spiro atoms. The molecule has 0 fully saturated rings. The van der Waals surface area contributed by atoms with Crippen LogP contribution in [0.25, 0.3) is 0 Å². The van der Waals surface area contributed by atoms with Gasteiger partial charge in [-0.25, -0.2) is 4.39 Å². The number of carbonyl (C=O) groups excluding carboxylic acids is 2. The molecule has 0 aromatic heterocycles. The zero-order valence-electron chi connectivity index (χ0n) is 11.0. The molecular weight excluding hydrogens is 249 g/mol. The number of hydrogen-bond donors (Lipinski definition) is 3. The van der Waals surface area contributed by atoms with Gasteiger partial charge in [-0.05, 0) is 26.0 Å². The number of anilines is 1. The second-order valence-electron chi connectivity index (χ2n) is 4.35. The van der Waals surface area contributed by atoms with Gasteiger partial charge in [-0.1, -0.05) is 12.1 Å². The van der Waals surface area contributed by atoms with E-state index in [4.69, 9.17) is 0 Å². The maximum Gasteiger partial charge on any atom is 0.238 e. The lowest BCUT2D eigenvalue weighted by Crippen LogP contribution is -2.40. The van der Waals surface area contributed by atoms with Gasteiger partial charge < -0.3 is 10.6 Å². The Morgan fingerprint density at radius 1 is 1.16 bits per heavy atom. The van der Waals surface area contributed by atoms with Crippen molar-refractivity contribution in [3.63, 3.8) is 0 Å². The molecule has 0 aliphatic rings. The van der Waals surface area contributed by atoms with Gasteiger partial charge in [0.15, 0.2) is 0 Å². The zero-order chi connectivity index (χ0) is 14.3. The van der Waals surface area contributed by atoms with E-state index in [9.17, 15) is 14.0 Å². The molecule has 0 radical (unpaired) electrons. The first-order valence-corrected chi connectivity index (χ1v) is 6.03. The predicted molar refractivity (Wildman–Crippen MR) is 71.2 cm³/mol. The molecule has 0 aliphatic heterocycles. The molecule has 0 heterocycles. The molecule has 1 aromatic carbocycles. The highest BCUT2D eigenvalue weighted by atomic mass is 19.1. The predicted octanol–water partition coefficient (Wildman–Crippen LogP) is 0.878. The molecule has 1 aromatic rings. The molecule has 3 N–H and O–H groups in total. The summed E-state index contributed by atoms with van der Waals surface area (Å²) in [5, 5.41) is 7.78. The average Bonchev–Trinajstić information content (AvgIpc) is 2.31. The monoisotopic (exact) mass is 267 g/mol. The van der Waals surface area contributed by atoms with Crippen LogP contribution in [0.1, 0.15) is 13.8 Å². The lowest BCUT2D eigenvalue weighted by atomic mass is 10.3. The van der Waals surface area contributed by atoms with E-state index in [1.54, 1.807) is 12.1 Å².